The summed E-state index contributed by atoms with van der Waals surface area (Å²) in [5.41, 5.74) is 0. The van der Waals surface area contributed by atoms with E-state index in [4.69, 9.17) is 4.84 Å². The van der Waals surface area contributed by atoms with Crippen LogP contribution in [0.25, 0.3) is 0 Å². The molecule has 0 aromatic heterocycles. The molecule has 0 saturated heterocycles. The number of benzene rings is 1. The normalized spacial score (nSPS) is 10.3. The molecule has 0 aliphatic rings. The maximum absolute atomic E-state index is 5.02. The lowest BCUT2D eigenvalue weighted by molar-refractivity contribution is 0.343. The van der Waals surface area contributed by atoms with Gasteiger partial charge >= 0.3 is 0 Å². The first kappa shape index (κ1) is 7.79. The van der Waals surface area contributed by atoms with E-state index in [1.54, 1.807) is 6.21 Å². The first-order chi connectivity index (χ1) is 5.43. The topological polar surface area (TPSA) is 21.6 Å². The van der Waals surface area contributed by atoms with Crippen LogP contribution in [-0.2, 0) is 0 Å². The summed E-state index contributed by atoms with van der Waals surface area (Å²) in [5.74, 6) is 0.775. The molecule has 0 amide bonds. The van der Waals surface area contributed by atoms with Gasteiger partial charge in [0.05, 0.1) is 0 Å². The lowest BCUT2D eigenvalue weighted by Gasteiger charge is -1.94. The van der Waals surface area contributed by atoms with Crippen molar-refractivity contribution in [1.82, 2.24) is 0 Å². The van der Waals surface area contributed by atoms with Gasteiger partial charge in [0.2, 0.25) is 0 Å². The fourth-order valence-electron chi connectivity index (χ4n) is 0.654. The predicted octanol–water partition coefficient (Wildman–Crippen LogP) is 2.46. The lowest BCUT2D eigenvalue weighted by atomic mass is 10.3. The molecule has 1 rings (SSSR count). The maximum Gasteiger partial charge on any atom is 0.157 e. The number of rotatable bonds is 3. The van der Waals surface area contributed by atoms with Gasteiger partial charge in [0.15, 0.2) is 5.75 Å². The molecule has 0 aliphatic heterocycles. The number of hydrogen-bond acceptors (Lipinski definition) is 2. The van der Waals surface area contributed by atoms with E-state index in [0.717, 1.165) is 12.2 Å². The average Bonchev–Trinajstić information content (AvgIpc) is 2.07. The van der Waals surface area contributed by atoms with Gasteiger partial charge in [-0.1, -0.05) is 30.3 Å². The smallest absolute Gasteiger partial charge is 0.157 e. The van der Waals surface area contributed by atoms with Gasteiger partial charge in [0.25, 0.3) is 0 Å². The van der Waals surface area contributed by atoms with Gasteiger partial charge in [0, 0.05) is 6.21 Å². The van der Waals surface area contributed by atoms with Crippen LogP contribution in [0.15, 0.2) is 35.5 Å². The van der Waals surface area contributed by atoms with Crippen molar-refractivity contribution in [2.75, 3.05) is 0 Å². The predicted molar refractivity (Wildman–Crippen MR) is 45.9 cm³/mol. The molecule has 0 bridgehead atoms. The first-order valence-electron chi connectivity index (χ1n) is 3.67. The van der Waals surface area contributed by atoms with Gasteiger partial charge in [0.1, 0.15) is 0 Å². The number of nitrogens with zero attached hydrogens (tertiary/aromatic N) is 1. The van der Waals surface area contributed by atoms with Crippen LogP contribution in [0.4, 0.5) is 0 Å². The Labute approximate surface area is 66.5 Å². The molecular formula is C9H11NO. The fourth-order valence-corrected chi connectivity index (χ4v) is 0.654. The van der Waals surface area contributed by atoms with Gasteiger partial charge < -0.3 is 4.84 Å². The van der Waals surface area contributed by atoms with Gasteiger partial charge in [-0.3, -0.25) is 0 Å². The van der Waals surface area contributed by atoms with Crippen LogP contribution in [0.2, 0.25) is 0 Å². The van der Waals surface area contributed by atoms with E-state index >= 15 is 0 Å². The van der Waals surface area contributed by atoms with E-state index in [1.807, 2.05) is 37.3 Å². The van der Waals surface area contributed by atoms with Crippen molar-refractivity contribution in [1.29, 1.82) is 0 Å². The Balaban J connectivity index is 2.45. The number of hydrogen-bond donors (Lipinski definition) is 0. The highest BCUT2D eigenvalue weighted by Gasteiger charge is 1.85. The van der Waals surface area contributed by atoms with Crippen LogP contribution < -0.4 is 4.84 Å². The summed E-state index contributed by atoms with van der Waals surface area (Å²) in [7, 11) is 0. The largest absolute Gasteiger partial charge is 0.357 e. The van der Waals surface area contributed by atoms with Crippen LogP contribution in [0.1, 0.15) is 13.3 Å². The Hall–Kier alpha value is -1.31. The summed E-state index contributed by atoms with van der Waals surface area (Å²) in [4.78, 5) is 5.02. The second kappa shape index (κ2) is 4.50. The molecule has 58 valence electrons. The standard InChI is InChI=1S/C9H11NO/c1-2-8-10-11-9-6-4-3-5-7-9/h3-8H,2H2,1H3/b10-8+. The first-order valence-corrected chi connectivity index (χ1v) is 3.67. The molecule has 0 spiro atoms. The molecule has 0 saturated carbocycles. The van der Waals surface area contributed by atoms with Crippen LogP contribution in [-0.4, -0.2) is 6.21 Å². The third kappa shape index (κ3) is 2.85. The molecule has 1 aromatic carbocycles. The molecular weight excluding hydrogens is 138 g/mol. The third-order valence-electron chi connectivity index (χ3n) is 1.16. The zero-order valence-corrected chi connectivity index (χ0v) is 6.53. The second-order valence-electron chi connectivity index (χ2n) is 2.10. The van der Waals surface area contributed by atoms with Crippen LogP contribution in [0.3, 0.4) is 0 Å². The molecule has 1 aromatic rings. The Morgan fingerprint density at radius 3 is 2.73 bits per heavy atom. The molecule has 0 N–H and O–H groups in total. The summed E-state index contributed by atoms with van der Waals surface area (Å²) < 4.78 is 0. The van der Waals surface area contributed by atoms with Gasteiger partial charge in [-0.2, -0.15) is 0 Å². The Kier molecular flexibility index (Phi) is 3.19. The van der Waals surface area contributed by atoms with Crippen LogP contribution in [0.5, 0.6) is 5.75 Å². The average molecular weight is 149 g/mol. The molecule has 11 heavy (non-hydrogen) atoms. The van der Waals surface area contributed by atoms with Crippen molar-refractivity contribution in [3.63, 3.8) is 0 Å². The van der Waals surface area contributed by atoms with Crippen molar-refractivity contribution < 1.29 is 4.84 Å². The Bertz CT molecular complexity index is 218. The van der Waals surface area contributed by atoms with Crippen LogP contribution >= 0.6 is 0 Å². The fraction of sp³-hybridized carbons (Fsp3) is 0.222. The van der Waals surface area contributed by atoms with Gasteiger partial charge in [-0.05, 0) is 18.6 Å². The van der Waals surface area contributed by atoms with Gasteiger partial charge in [-0.25, -0.2) is 0 Å². The highest BCUT2D eigenvalue weighted by Crippen LogP contribution is 2.07. The summed E-state index contributed by atoms with van der Waals surface area (Å²) in [6, 6.07) is 9.50. The monoisotopic (exact) mass is 149 g/mol. The minimum Gasteiger partial charge on any atom is -0.357 e. The Morgan fingerprint density at radius 1 is 1.36 bits per heavy atom. The van der Waals surface area contributed by atoms with E-state index in [-0.39, 0.29) is 0 Å². The minimum absolute atomic E-state index is 0.775. The van der Waals surface area contributed by atoms with Crippen molar-refractivity contribution >= 4 is 6.21 Å². The zero-order valence-electron chi connectivity index (χ0n) is 6.53. The second-order valence-corrected chi connectivity index (χ2v) is 2.10. The van der Waals surface area contributed by atoms with E-state index in [9.17, 15) is 0 Å². The zero-order chi connectivity index (χ0) is 7.94. The molecule has 0 heterocycles. The molecule has 0 fully saturated rings. The molecule has 0 unspecified atom stereocenters. The van der Waals surface area contributed by atoms with E-state index in [1.165, 1.54) is 0 Å². The third-order valence-corrected chi connectivity index (χ3v) is 1.16. The lowest BCUT2D eigenvalue weighted by Crippen LogP contribution is -1.82. The van der Waals surface area contributed by atoms with E-state index < -0.39 is 0 Å². The van der Waals surface area contributed by atoms with E-state index in [2.05, 4.69) is 5.16 Å². The summed E-state index contributed by atoms with van der Waals surface area (Å²) in [5, 5.41) is 3.74. The molecule has 2 nitrogen and oxygen atoms in total. The maximum atomic E-state index is 5.02. The van der Waals surface area contributed by atoms with Crippen LogP contribution in [0, 0.1) is 0 Å². The highest BCUT2D eigenvalue weighted by molar-refractivity contribution is 5.55. The SMILES string of the molecule is CC/C=N/Oc1ccccc1. The van der Waals surface area contributed by atoms with Gasteiger partial charge in [-0.15, -0.1) is 0 Å². The summed E-state index contributed by atoms with van der Waals surface area (Å²) in [6.07, 6.45) is 2.62. The minimum atomic E-state index is 0.775. The van der Waals surface area contributed by atoms with Crippen molar-refractivity contribution in [2.45, 2.75) is 13.3 Å². The van der Waals surface area contributed by atoms with Crippen molar-refractivity contribution in [3.8, 4) is 5.75 Å². The van der Waals surface area contributed by atoms with E-state index in [0.29, 0.717) is 0 Å². The van der Waals surface area contributed by atoms with Crippen molar-refractivity contribution in [2.24, 2.45) is 5.16 Å². The quantitative estimate of drug-likeness (QED) is 0.478. The summed E-state index contributed by atoms with van der Waals surface area (Å²) in [6.45, 7) is 2.01. The number of oxime groups is 1. The highest BCUT2D eigenvalue weighted by atomic mass is 16.6. The molecule has 0 radical (unpaired) electrons. The molecule has 0 atom stereocenters. The molecule has 2 heteroatoms. The summed E-state index contributed by atoms with van der Waals surface area (Å²) >= 11 is 0. The van der Waals surface area contributed by atoms with Crippen molar-refractivity contribution in [3.05, 3.63) is 30.3 Å². The Morgan fingerprint density at radius 2 is 2.09 bits per heavy atom. The number of para-hydroxylation sites is 1. The molecule has 0 aliphatic carbocycles.